The molecular weight excluding hydrogens is 294 g/mol. The summed E-state index contributed by atoms with van der Waals surface area (Å²) in [6.07, 6.45) is 2.13. The summed E-state index contributed by atoms with van der Waals surface area (Å²) < 4.78 is 2.15. The van der Waals surface area contributed by atoms with Crippen LogP contribution in [-0.4, -0.2) is 0 Å². The van der Waals surface area contributed by atoms with Crippen LogP contribution in [0.25, 0.3) is 0 Å². The molecule has 0 unspecified atom stereocenters. The second-order valence-corrected chi connectivity index (χ2v) is 4.69. The van der Waals surface area contributed by atoms with Gasteiger partial charge in [0.2, 0.25) is 0 Å². The molecule has 72 valence electrons. The second-order valence-electron chi connectivity index (χ2n) is 3.04. The summed E-state index contributed by atoms with van der Waals surface area (Å²) >= 11 is 6.99. The number of benzene rings is 1. The molecule has 0 bridgehead atoms. The van der Waals surface area contributed by atoms with Crippen LogP contribution in [0.15, 0.2) is 27.1 Å². The van der Waals surface area contributed by atoms with E-state index in [1.54, 1.807) is 0 Å². The summed E-state index contributed by atoms with van der Waals surface area (Å²) in [7, 11) is 0. The fraction of sp³-hybridized carbons (Fsp3) is 0.400. The molecule has 0 spiro atoms. The first kappa shape index (κ1) is 11.2. The van der Waals surface area contributed by atoms with Gasteiger partial charge in [0.15, 0.2) is 0 Å². The molecule has 2 N–H and O–H groups in total. The van der Waals surface area contributed by atoms with Gasteiger partial charge in [-0.1, -0.05) is 25.5 Å². The molecule has 1 nitrogen and oxygen atoms in total. The Morgan fingerprint density at radius 1 is 1.38 bits per heavy atom. The largest absolute Gasteiger partial charge is 0.324 e. The lowest BCUT2D eigenvalue weighted by Crippen LogP contribution is -2.10. The third-order valence-electron chi connectivity index (χ3n) is 1.98. The predicted molar refractivity (Wildman–Crippen MR) is 63.7 cm³/mol. The van der Waals surface area contributed by atoms with Gasteiger partial charge in [-0.3, -0.25) is 0 Å². The molecular formula is C10H13Br2N. The first-order chi connectivity index (χ1) is 6.16. The summed E-state index contributed by atoms with van der Waals surface area (Å²) in [6, 6.07) is 6.22. The Bertz CT molecular complexity index is 286. The van der Waals surface area contributed by atoms with Crippen LogP contribution in [0.5, 0.6) is 0 Å². The minimum absolute atomic E-state index is 0.136. The molecule has 13 heavy (non-hydrogen) atoms. The smallest absolute Gasteiger partial charge is 0.0365 e. The van der Waals surface area contributed by atoms with E-state index in [1.807, 2.05) is 12.1 Å². The lowest BCUT2D eigenvalue weighted by atomic mass is 10.0. The zero-order valence-electron chi connectivity index (χ0n) is 7.56. The Labute approximate surface area is 96.0 Å². The number of hydrogen-bond donors (Lipinski definition) is 1. The third kappa shape index (κ3) is 2.79. The molecule has 0 radical (unpaired) electrons. The van der Waals surface area contributed by atoms with Gasteiger partial charge in [-0.25, -0.2) is 0 Å². The van der Waals surface area contributed by atoms with Crippen molar-refractivity contribution in [3.8, 4) is 0 Å². The molecule has 0 saturated heterocycles. The van der Waals surface area contributed by atoms with Crippen molar-refractivity contribution in [2.75, 3.05) is 0 Å². The highest BCUT2D eigenvalue weighted by molar-refractivity contribution is 9.13. The summed E-state index contributed by atoms with van der Waals surface area (Å²) in [4.78, 5) is 0. The molecule has 0 heterocycles. The number of rotatable bonds is 3. The van der Waals surface area contributed by atoms with Crippen LogP contribution >= 0.6 is 31.9 Å². The zero-order chi connectivity index (χ0) is 9.84. The highest BCUT2D eigenvalue weighted by atomic mass is 79.9. The van der Waals surface area contributed by atoms with Crippen LogP contribution < -0.4 is 5.73 Å². The van der Waals surface area contributed by atoms with Gasteiger partial charge in [0.25, 0.3) is 0 Å². The maximum atomic E-state index is 6.02. The van der Waals surface area contributed by atoms with Gasteiger partial charge in [-0.15, -0.1) is 0 Å². The van der Waals surface area contributed by atoms with Gasteiger partial charge in [-0.05, 0) is 49.9 Å². The summed E-state index contributed by atoms with van der Waals surface area (Å²) in [5.74, 6) is 0. The van der Waals surface area contributed by atoms with E-state index >= 15 is 0 Å². The first-order valence-electron chi connectivity index (χ1n) is 4.36. The molecule has 0 aromatic heterocycles. The van der Waals surface area contributed by atoms with Crippen LogP contribution in [0.3, 0.4) is 0 Å². The van der Waals surface area contributed by atoms with Crippen LogP contribution in [0.1, 0.15) is 31.4 Å². The molecule has 3 heteroatoms. The maximum absolute atomic E-state index is 6.02. The lowest BCUT2D eigenvalue weighted by molar-refractivity contribution is 0.636. The molecule has 1 atom stereocenters. The van der Waals surface area contributed by atoms with Crippen molar-refractivity contribution in [1.29, 1.82) is 0 Å². The van der Waals surface area contributed by atoms with Crippen LogP contribution in [0, 0.1) is 0 Å². The van der Waals surface area contributed by atoms with Crippen molar-refractivity contribution < 1.29 is 0 Å². The lowest BCUT2D eigenvalue weighted by Gasteiger charge is -2.13. The van der Waals surface area contributed by atoms with Crippen molar-refractivity contribution in [3.05, 3.63) is 32.7 Å². The Balaban J connectivity index is 2.93. The minimum Gasteiger partial charge on any atom is -0.324 e. The summed E-state index contributed by atoms with van der Waals surface area (Å²) in [6.45, 7) is 2.14. The van der Waals surface area contributed by atoms with E-state index in [2.05, 4.69) is 44.8 Å². The Morgan fingerprint density at radius 3 is 2.69 bits per heavy atom. The number of halogens is 2. The van der Waals surface area contributed by atoms with Gasteiger partial charge in [0.05, 0.1) is 0 Å². The van der Waals surface area contributed by atoms with Gasteiger partial charge < -0.3 is 5.73 Å². The Morgan fingerprint density at radius 2 is 2.08 bits per heavy atom. The fourth-order valence-corrected chi connectivity index (χ4v) is 2.21. The second kappa shape index (κ2) is 5.13. The van der Waals surface area contributed by atoms with Crippen molar-refractivity contribution in [1.82, 2.24) is 0 Å². The van der Waals surface area contributed by atoms with Gasteiger partial charge in [0, 0.05) is 15.0 Å². The van der Waals surface area contributed by atoms with E-state index in [0.29, 0.717) is 0 Å². The minimum atomic E-state index is 0.136. The van der Waals surface area contributed by atoms with Crippen LogP contribution in [0.2, 0.25) is 0 Å². The first-order valence-corrected chi connectivity index (χ1v) is 5.95. The van der Waals surface area contributed by atoms with Crippen molar-refractivity contribution in [3.63, 3.8) is 0 Å². The highest BCUT2D eigenvalue weighted by Gasteiger charge is 2.10. The Kier molecular flexibility index (Phi) is 4.42. The topological polar surface area (TPSA) is 26.0 Å². The molecule has 1 rings (SSSR count). The molecule has 0 aliphatic heterocycles. The van der Waals surface area contributed by atoms with E-state index in [1.165, 1.54) is 5.56 Å². The fourth-order valence-electron chi connectivity index (χ4n) is 1.27. The normalized spacial score (nSPS) is 12.9. The van der Waals surface area contributed by atoms with E-state index in [4.69, 9.17) is 5.73 Å². The van der Waals surface area contributed by atoms with Crippen molar-refractivity contribution >= 4 is 31.9 Å². The van der Waals surface area contributed by atoms with Crippen molar-refractivity contribution in [2.45, 2.75) is 25.8 Å². The molecule has 0 aliphatic carbocycles. The molecule has 0 aliphatic rings. The van der Waals surface area contributed by atoms with Gasteiger partial charge in [-0.2, -0.15) is 0 Å². The summed E-state index contributed by atoms with van der Waals surface area (Å²) in [5.41, 5.74) is 7.20. The number of nitrogens with two attached hydrogens (primary N) is 1. The predicted octanol–water partition coefficient (Wildman–Crippen LogP) is 4.01. The average molecular weight is 307 g/mol. The van der Waals surface area contributed by atoms with E-state index in [0.717, 1.165) is 21.8 Å². The van der Waals surface area contributed by atoms with Crippen LogP contribution in [-0.2, 0) is 0 Å². The molecule has 1 aromatic carbocycles. The third-order valence-corrected chi connectivity index (χ3v) is 4.06. The highest BCUT2D eigenvalue weighted by Crippen LogP contribution is 2.31. The molecule has 0 saturated carbocycles. The van der Waals surface area contributed by atoms with Crippen molar-refractivity contribution in [2.24, 2.45) is 5.73 Å². The molecule has 0 fully saturated rings. The SMILES string of the molecule is CCC[C@H](N)c1cccc(Br)c1Br. The standard InChI is InChI=1S/C10H13Br2N/c1-2-4-9(13)7-5-3-6-8(11)10(7)12/h3,5-6,9H,2,4,13H2,1H3/t9-/m0/s1. The zero-order valence-corrected chi connectivity index (χ0v) is 10.7. The monoisotopic (exact) mass is 305 g/mol. The summed E-state index contributed by atoms with van der Waals surface area (Å²) in [5, 5.41) is 0. The maximum Gasteiger partial charge on any atom is 0.0365 e. The molecule has 0 amide bonds. The molecule has 1 aromatic rings. The quantitative estimate of drug-likeness (QED) is 0.897. The average Bonchev–Trinajstić information content (AvgIpc) is 2.10. The van der Waals surface area contributed by atoms with E-state index < -0.39 is 0 Å². The van der Waals surface area contributed by atoms with Crippen LogP contribution in [0.4, 0.5) is 0 Å². The van der Waals surface area contributed by atoms with E-state index in [-0.39, 0.29) is 6.04 Å². The number of hydrogen-bond acceptors (Lipinski definition) is 1. The van der Waals surface area contributed by atoms with E-state index in [9.17, 15) is 0 Å². The van der Waals surface area contributed by atoms with Gasteiger partial charge >= 0.3 is 0 Å². The van der Waals surface area contributed by atoms with Gasteiger partial charge in [0.1, 0.15) is 0 Å². The Hall–Kier alpha value is 0.140.